The molecule has 0 atom stereocenters. The second-order valence-corrected chi connectivity index (χ2v) is 4.42. The zero-order chi connectivity index (χ0) is 10.0. The van der Waals surface area contributed by atoms with Gasteiger partial charge in [0.25, 0.3) is 0 Å². The van der Waals surface area contributed by atoms with Gasteiger partial charge in [-0.15, -0.1) is 0 Å². The van der Waals surface area contributed by atoms with Gasteiger partial charge in [0.2, 0.25) is 0 Å². The Morgan fingerprint density at radius 2 is 1.93 bits per heavy atom. The lowest BCUT2D eigenvalue weighted by atomic mass is 9.80. The van der Waals surface area contributed by atoms with E-state index in [4.69, 9.17) is 11.6 Å². The normalized spacial score (nSPS) is 20.7. The summed E-state index contributed by atoms with van der Waals surface area (Å²) >= 11 is 5.85. The Bertz CT molecular complexity index is 321. The van der Waals surface area contributed by atoms with Gasteiger partial charge in [0, 0.05) is 18.0 Å². The smallest absolute Gasteiger partial charge is 0.0911 e. The van der Waals surface area contributed by atoms with Crippen molar-refractivity contribution >= 4 is 11.6 Å². The summed E-state index contributed by atoms with van der Waals surface area (Å²) in [6.45, 7) is 0. The number of nitrogens with zero attached hydrogens (tertiary/aromatic N) is 1. The fraction of sp³-hybridized carbons (Fsp3) is 0.545. The summed E-state index contributed by atoms with van der Waals surface area (Å²) in [5.41, 5.74) is 0.181. The van der Waals surface area contributed by atoms with Crippen LogP contribution < -0.4 is 0 Å². The first-order valence-corrected chi connectivity index (χ1v) is 5.42. The van der Waals surface area contributed by atoms with Crippen molar-refractivity contribution in [2.24, 2.45) is 0 Å². The Kier molecular flexibility index (Phi) is 2.75. The summed E-state index contributed by atoms with van der Waals surface area (Å²) in [4.78, 5) is 4.01. The van der Waals surface area contributed by atoms with Crippen molar-refractivity contribution in [1.29, 1.82) is 0 Å². The predicted molar refractivity (Wildman–Crippen MR) is 56.2 cm³/mol. The third-order valence-electron chi connectivity index (χ3n) is 2.92. The molecule has 76 valence electrons. The van der Waals surface area contributed by atoms with Crippen molar-refractivity contribution < 1.29 is 5.11 Å². The van der Waals surface area contributed by atoms with Crippen LogP contribution in [0.3, 0.4) is 0 Å². The Morgan fingerprint density at radius 1 is 1.21 bits per heavy atom. The molecular weight excluding hydrogens is 198 g/mol. The number of pyridine rings is 1. The predicted octanol–water partition coefficient (Wildman–Crippen LogP) is 2.89. The van der Waals surface area contributed by atoms with Crippen LogP contribution in [0.1, 0.15) is 37.7 Å². The Labute approximate surface area is 88.9 Å². The van der Waals surface area contributed by atoms with Crippen LogP contribution in [0.2, 0.25) is 5.02 Å². The van der Waals surface area contributed by atoms with Gasteiger partial charge in [0.1, 0.15) is 0 Å². The Morgan fingerprint density at radius 3 is 2.57 bits per heavy atom. The maximum Gasteiger partial charge on any atom is 0.0911 e. The van der Waals surface area contributed by atoms with E-state index in [2.05, 4.69) is 4.98 Å². The molecule has 1 aliphatic rings. The molecule has 0 amide bonds. The Balaban J connectivity index is 2.28. The molecule has 0 aliphatic heterocycles. The zero-order valence-electron chi connectivity index (χ0n) is 8.04. The van der Waals surface area contributed by atoms with Gasteiger partial charge in [0.05, 0.1) is 10.6 Å². The fourth-order valence-electron chi connectivity index (χ4n) is 2.09. The van der Waals surface area contributed by atoms with E-state index in [1.54, 1.807) is 12.4 Å². The topological polar surface area (TPSA) is 33.1 Å². The van der Waals surface area contributed by atoms with E-state index in [-0.39, 0.29) is 0 Å². The Hall–Kier alpha value is -0.600. The van der Waals surface area contributed by atoms with Gasteiger partial charge in [-0.05, 0) is 18.9 Å². The molecule has 1 saturated carbocycles. The van der Waals surface area contributed by atoms with Crippen LogP contribution in [0, 0.1) is 0 Å². The molecular formula is C11H14ClNO. The van der Waals surface area contributed by atoms with Gasteiger partial charge >= 0.3 is 0 Å². The summed E-state index contributed by atoms with van der Waals surface area (Å²) in [6.07, 6.45) is 8.36. The van der Waals surface area contributed by atoms with Crippen molar-refractivity contribution in [3.05, 3.63) is 29.0 Å². The molecule has 3 heteroatoms. The van der Waals surface area contributed by atoms with Crippen molar-refractivity contribution in [3.63, 3.8) is 0 Å². The maximum atomic E-state index is 10.4. The summed E-state index contributed by atoms with van der Waals surface area (Å²) in [5, 5.41) is 11.0. The summed E-state index contributed by atoms with van der Waals surface area (Å²) < 4.78 is 0. The van der Waals surface area contributed by atoms with E-state index in [0.29, 0.717) is 5.02 Å². The van der Waals surface area contributed by atoms with Gasteiger partial charge in [0.15, 0.2) is 0 Å². The number of rotatable bonds is 1. The van der Waals surface area contributed by atoms with Crippen LogP contribution in [-0.4, -0.2) is 10.1 Å². The average Bonchev–Trinajstić information content (AvgIpc) is 2.19. The second kappa shape index (κ2) is 3.87. The molecule has 0 spiro atoms. The highest BCUT2D eigenvalue weighted by Crippen LogP contribution is 2.37. The highest BCUT2D eigenvalue weighted by atomic mass is 35.5. The number of aliphatic hydroxyl groups is 1. The number of halogens is 1. The molecule has 2 nitrogen and oxygen atoms in total. The highest BCUT2D eigenvalue weighted by Gasteiger charge is 2.31. The largest absolute Gasteiger partial charge is 0.385 e. The quantitative estimate of drug-likeness (QED) is 0.775. The fourth-order valence-corrected chi connectivity index (χ4v) is 2.27. The number of hydrogen-bond acceptors (Lipinski definition) is 2. The molecule has 0 saturated heterocycles. The molecule has 14 heavy (non-hydrogen) atoms. The van der Waals surface area contributed by atoms with Crippen LogP contribution in [0.4, 0.5) is 0 Å². The van der Waals surface area contributed by atoms with Gasteiger partial charge in [-0.3, -0.25) is 4.98 Å². The second-order valence-electron chi connectivity index (χ2n) is 3.98. The first-order chi connectivity index (χ1) is 6.71. The maximum absolute atomic E-state index is 10.4. The van der Waals surface area contributed by atoms with Crippen molar-refractivity contribution in [2.45, 2.75) is 37.7 Å². The first-order valence-electron chi connectivity index (χ1n) is 5.04. The number of aromatic nitrogens is 1. The summed E-state index contributed by atoms with van der Waals surface area (Å²) in [5.74, 6) is 0. The lowest BCUT2D eigenvalue weighted by molar-refractivity contribution is -0.000917. The molecule has 1 aromatic heterocycles. The van der Waals surface area contributed by atoms with Crippen LogP contribution in [-0.2, 0) is 5.60 Å². The van der Waals surface area contributed by atoms with Crippen LogP contribution in [0.25, 0.3) is 0 Å². The first kappa shape index (κ1) is 9.94. The molecule has 1 N–H and O–H groups in total. The third-order valence-corrected chi connectivity index (χ3v) is 3.13. The standard InChI is InChI=1S/C11H14ClNO/c12-10-6-9(7-13-8-10)11(14)4-2-1-3-5-11/h6-8,14H,1-5H2. The van der Waals surface area contributed by atoms with Gasteiger partial charge in [-0.1, -0.05) is 30.9 Å². The zero-order valence-corrected chi connectivity index (χ0v) is 8.80. The minimum Gasteiger partial charge on any atom is -0.385 e. The lowest BCUT2D eigenvalue weighted by Crippen LogP contribution is -2.28. The molecule has 0 unspecified atom stereocenters. The molecule has 1 aromatic rings. The van der Waals surface area contributed by atoms with Crippen molar-refractivity contribution in [2.75, 3.05) is 0 Å². The van der Waals surface area contributed by atoms with Crippen LogP contribution in [0.15, 0.2) is 18.5 Å². The van der Waals surface area contributed by atoms with Gasteiger partial charge in [-0.25, -0.2) is 0 Å². The lowest BCUT2D eigenvalue weighted by Gasteiger charge is -2.32. The monoisotopic (exact) mass is 211 g/mol. The molecule has 0 aromatic carbocycles. The third kappa shape index (κ3) is 1.91. The molecule has 1 heterocycles. The van der Waals surface area contributed by atoms with E-state index in [9.17, 15) is 5.11 Å². The molecule has 0 bridgehead atoms. The van der Waals surface area contributed by atoms with Crippen molar-refractivity contribution in [1.82, 2.24) is 4.98 Å². The van der Waals surface area contributed by atoms with E-state index in [0.717, 1.165) is 31.2 Å². The van der Waals surface area contributed by atoms with Crippen LogP contribution >= 0.6 is 11.6 Å². The van der Waals surface area contributed by atoms with E-state index in [1.165, 1.54) is 6.42 Å². The van der Waals surface area contributed by atoms with E-state index < -0.39 is 5.60 Å². The highest BCUT2D eigenvalue weighted by molar-refractivity contribution is 6.30. The minimum absolute atomic E-state index is 0.599. The summed E-state index contributed by atoms with van der Waals surface area (Å²) in [7, 11) is 0. The average molecular weight is 212 g/mol. The van der Waals surface area contributed by atoms with Gasteiger partial charge in [-0.2, -0.15) is 0 Å². The van der Waals surface area contributed by atoms with Gasteiger partial charge < -0.3 is 5.11 Å². The molecule has 2 rings (SSSR count). The minimum atomic E-state index is -0.684. The molecule has 1 aliphatic carbocycles. The van der Waals surface area contributed by atoms with E-state index >= 15 is 0 Å². The van der Waals surface area contributed by atoms with Crippen molar-refractivity contribution in [3.8, 4) is 0 Å². The molecule has 0 radical (unpaired) electrons. The number of hydrogen-bond donors (Lipinski definition) is 1. The SMILES string of the molecule is OC1(c2cncc(Cl)c2)CCCCC1. The van der Waals surface area contributed by atoms with Crippen LogP contribution in [0.5, 0.6) is 0 Å². The van der Waals surface area contributed by atoms with E-state index in [1.807, 2.05) is 6.07 Å². The summed E-state index contributed by atoms with van der Waals surface area (Å²) in [6, 6.07) is 1.82. The molecule has 1 fully saturated rings.